The first kappa shape index (κ1) is 28.9. The second-order valence-electron chi connectivity index (χ2n) is 13.7. The first-order valence-corrected chi connectivity index (χ1v) is 17.9. The fourth-order valence-electron chi connectivity index (χ4n) is 8.97. The molecule has 2 heterocycles. The minimum atomic E-state index is -0.564. The first-order valence-electron chi connectivity index (χ1n) is 17.9. The van der Waals surface area contributed by atoms with Crippen molar-refractivity contribution in [1.82, 2.24) is 4.57 Å². The van der Waals surface area contributed by atoms with Crippen molar-refractivity contribution < 1.29 is 4.42 Å². The Kier molecular flexibility index (Phi) is 6.17. The molecule has 8 aromatic carbocycles. The van der Waals surface area contributed by atoms with Crippen molar-refractivity contribution in [3.05, 3.63) is 210 Å². The predicted octanol–water partition coefficient (Wildman–Crippen LogP) is 12.8. The summed E-state index contributed by atoms with van der Waals surface area (Å²) in [5, 5.41) is 8.53. The Morgan fingerprint density at radius 2 is 1.06 bits per heavy atom. The van der Waals surface area contributed by atoms with E-state index < -0.39 is 5.41 Å². The molecule has 0 atom stereocenters. The third-order valence-corrected chi connectivity index (χ3v) is 11.1. The van der Waals surface area contributed by atoms with Crippen LogP contribution in [0.5, 0.6) is 0 Å². The third kappa shape index (κ3) is 3.96. The van der Waals surface area contributed by atoms with Gasteiger partial charge in [0.15, 0.2) is 5.58 Å². The summed E-state index contributed by atoms with van der Waals surface area (Å²) in [5.41, 5.74) is 14.2. The molecular weight excluding hydrogens is 633 g/mol. The molecule has 52 heavy (non-hydrogen) atoms. The summed E-state index contributed by atoms with van der Waals surface area (Å²) in [4.78, 5) is 0. The van der Waals surface area contributed by atoms with Crippen LogP contribution < -0.4 is 5.32 Å². The monoisotopic (exact) mass is 664 g/mol. The van der Waals surface area contributed by atoms with Crippen LogP contribution in [0.3, 0.4) is 0 Å². The zero-order valence-electron chi connectivity index (χ0n) is 28.3. The third-order valence-electron chi connectivity index (χ3n) is 11.1. The number of hydrogen-bond acceptors (Lipinski definition) is 2. The predicted molar refractivity (Wildman–Crippen MR) is 215 cm³/mol. The van der Waals surface area contributed by atoms with Gasteiger partial charge in [-0.1, -0.05) is 146 Å². The van der Waals surface area contributed by atoms with E-state index in [2.05, 4.69) is 186 Å². The lowest BCUT2D eigenvalue weighted by Crippen LogP contribution is -2.28. The van der Waals surface area contributed by atoms with E-state index in [1.165, 1.54) is 60.9 Å². The summed E-state index contributed by atoms with van der Waals surface area (Å²) >= 11 is 0. The lowest BCUT2D eigenvalue weighted by Gasteiger charge is -2.34. The number of hydrogen-bond donors (Lipinski definition) is 1. The molecule has 1 aliphatic rings. The molecule has 244 valence electrons. The Labute approximate surface area is 301 Å². The van der Waals surface area contributed by atoms with E-state index in [-0.39, 0.29) is 0 Å². The number of para-hydroxylation sites is 4. The van der Waals surface area contributed by atoms with E-state index >= 15 is 0 Å². The number of rotatable bonds is 5. The van der Waals surface area contributed by atoms with E-state index in [9.17, 15) is 0 Å². The fraction of sp³-hybridized carbons (Fsp3) is 0.0204. The van der Waals surface area contributed by atoms with Gasteiger partial charge in [0.1, 0.15) is 5.58 Å². The van der Waals surface area contributed by atoms with Crippen LogP contribution in [0.1, 0.15) is 22.3 Å². The Morgan fingerprint density at radius 1 is 0.462 bits per heavy atom. The normalized spacial score (nSPS) is 13.2. The van der Waals surface area contributed by atoms with Crippen molar-refractivity contribution in [3.8, 4) is 16.8 Å². The van der Waals surface area contributed by atoms with Gasteiger partial charge in [-0.2, -0.15) is 0 Å². The second kappa shape index (κ2) is 11.1. The summed E-state index contributed by atoms with van der Waals surface area (Å²) in [6.07, 6.45) is 0. The number of furan rings is 1. The van der Waals surface area contributed by atoms with Crippen LogP contribution in [0.15, 0.2) is 192 Å². The molecule has 3 nitrogen and oxygen atoms in total. The summed E-state index contributed by atoms with van der Waals surface area (Å²) in [6.45, 7) is 0. The number of fused-ring (bicyclic) bond motifs is 9. The van der Waals surface area contributed by atoms with Crippen LogP contribution >= 0.6 is 0 Å². The van der Waals surface area contributed by atoms with Gasteiger partial charge >= 0.3 is 0 Å². The highest BCUT2D eigenvalue weighted by atomic mass is 16.3. The van der Waals surface area contributed by atoms with Crippen molar-refractivity contribution in [2.24, 2.45) is 0 Å². The van der Waals surface area contributed by atoms with Crippen LogP contribution in [0.2, 0.25) is 0 Å². The van der Waals surface area contributed by atoms with Gasteiger partial charge in [0.05, 0.1) is 27.8 Å². The Hall–Kier alpha value is -6.84. The molecule has 11 rings (SSSR count). The average molecular weight is 665 g/mol. The maximum atomic E-state index is 6.44. The van der Waals surface area contributed by atoms with E-state index in [4.69, 9.17) is 4.42 Å². The molecule has 0 amide bonds. The molecule has 1 N–H and O–H groups in total. The zero-order valence-corrected chi connectivity index (χ0v) is 28.3. The van der Waals surface area contributed by atoms with Gasteiger partial charge in [-0.3, -0.25) is 0 Å². The SMILES string of the molecule is c1ccc(C2(c3ccccc3)c3cc(Nc4cccc5c4oc4ccccc45)ccc3-c3c(-n4c5ccccc5c5ccccc54)cccc32)cc1. The number of aromatic nitrogens is 1. The van der Waals surface area contributed by atoms with Crippen LogP contribution in [-0.2, 0) is 5.41 Å². The van der Waals surface area contributed by atoms with Crippen molar-refractivity contribution >= 4 is 55.1 Å². The van der Waals surface area contributed by atoms with Gasteiger partial charge in [-0.25, -0.2) is 0 Å². The minimum Gasteiger partial charge on any atom is -0.454 e. The Morgan fingerprint density at radius 3 is 1.77 bits per heavy atom. The standard InChI is InChI=1S/C49H32N2O/c1-3-15-32(16-4-1)49(33-17-5-2-6-18-33)40-23-14-27-45(51-43-25-10-7-19-35(43)36-20-8-11-26-44(36)51)47(40)39-30-29-34(31-41(39)49)50-42-24-13-22-38-37-21-9-12-28-46(37)52-48(38)42/h1-31,50H. The van der Waals surface area contributed by atoms with Gasteiger partial charge < -0.3 is 14.3 Å². The van der Waals surface area contributed by atoms with E-state index in [0.717, 1.165) is 33.3 Å². The maximum Gasteiger partial charge on any atom is 0.158 e. The molecule has 0 radical (unpaired) electrons. The molecule has 0 fully saturated rings. The number of benzene rings is 8. The molecule has 0 bridgehead atoms. The largest absolute Gasteiger partial charge is 0.454 e. The lowest BCUT2D eigenvalue weighted by molar-refractivity contribution is 0.670. The molecule has 0 aliphatic heterocycles. The van der Waals surface area contributed by atoms with Crippen LogP contribution in [0.25, 0.3) is 60.6 Å². The lowest BCUT2D eigenvalue weighted by atomic mass is 9.67. The highest BCUT2D eigenvalue weighted by Gasteiger charge is 2.47. The average Bonchev–Trinajstić information content (AvgIpc) is 3.86. The van der Waals surface area contributed by atoms with E-state index in [1.807, 2.05) is 12.1 Å². The van der Waals surface area contributed by atoms with Crippen molar-refractivity contribution in [2.45, 2.75) is 5.41 Å². The quantitative estimate of drug-likeness (QED) is 0.198. The molecule has 0 spiro atoms. The highest BCUT2D eigenvalue weighted by Crippen LogP contribution is 2.58. The molecular formula is C49H32N2O. The summed E-state index contributed by atoms with van der Waals surface area (Å²) < 4.78 is 8.91. The van der Waals surface area contributed by atoms with Crippen LogP contribution in [0, 0.1) is 0 Å². The molecule has 3 heteroatoms. The van der Waals surface area contributed by atoms with Gasteiger partial charge in [-0.05, 0) is 70.3 Å². The summed E-state index contributed by atoms with van der Waals surface area (Å²) in [5.74, 6) is 0. The van der Waals surface area contributed by atoms with Crippen molar-refractivity contribution in [1.29, 1.82) is 0 Å². The van der Waals surface area contributed by atoms with E-state index in [1.54, 1.807) is 0 Å². The summed E-state index contributed by atoms with van der Waals surface area (Å²) in [6, 6.07) is 68.0. The minimum absolute atomic E-state index is 0.564. The molecule has 0 saturated heterocycles. The van der Waals surface area contributed by atoms with Crippen LogP contribution in [-0.4, -0.2) is 4.57 Å². The zero-order chi connectivity index (χ0) is 34.2. The molecule has 1 aliphatic carbocycles. The molecule has 10 aromatic rings. The van der Waals surface area contributed by atoms with Crippen molar-refractivity contribution in [2.75, 3.05) is 5.32 Å². The second-order valence-corrected chi connectivity index (χ2v) is 13.7. The topological polar surface area (TPSA) is 30.1 Å². The number of nitrogens with one attached hydrogen (secondary N) is 1. The van der Waals surface area contributed by atoms with E-state index in [0.29, 0.717) is 0 Å². The number of nitrogens with zero attached hydrogens (tertiary/aromatic N) is 1. The van der Waals surface area contributed by atoms with Gasteiger partial charge in [-0.15, -0.1) is 0 Å². The number of anilines is 2. The smallest absolute Gasteiger partial charge is 0.158 e. The fourth-order valence-corrected chi connectivity index (χ4v) is 8.97. The van der Waals surface area contributed by atoms with Gasteiger partial charge in [0.25, 0.3) is 0 Å². The highest BCUT2D eigenvalue weighted by molar-refractivity contribution is 6.11. The molecule has 0 saturated carbocycles. The first-order chi connectivity index (χ1) is 25.8. The van der Waals surface area contributed by atoms with Crippen molar-refractivity contribution in [3.63, 3.8) is 0 Å². The summed E-state index contributed by atoms with van der Waals surface area (Å²) in [7, 11) is 0. The Balaban J connectivity index is 1.21. The van der Waals surface area contributed by atoms with Crippen LogP contribution in [0.4, 0.5) is 11.4 Å². The Bertz CT molecular complexity index is 2900. The van der Waals surface area contributed by atoms with Gasteiger partial charge in [0, 0.05) is 32.8 Å². The molecule has 2 aromatic heterocycles. The van der Waals surface area contributed by atoms with Gasteiger partial charge in [0.2, 0.25) is 0 Å². The molecule has 0 unspecified atom stereocenters. The maximum absolute atomic E-state index is 6.44.